The molecule has 1 atom stereocenters. The SMILES string of the molecule is CC1=[C-]C(C)C=C1C(C)(C)C.Cc1ccc([C](=[Zr+2])c2ccc(C)cc2)cc1.[Cl-].[Cl-].[c-]1cccc2c1Cc1ccccc1-2. The van der Waals surface area contributed by atoms with Crippen molar-refractivity contribution >= 4 is 3.21 Å². The summed E-state index contributed by atoms with van der Waals surface area (Å²) in [5.41, 5.74) is 13.9. The molecule has 0 fully saturated rings. The van der Waals surface area contributed by atoms with E-state index in [0.717, 1.165) is 6.42 Å². The monoisotopic (exact) mass is 668 g/mol. The number of halogens is 2. The fourth-order valence-corrected chi connectivity index (χ4v) is 6.07. The van der Waals surface area contributed by atoms with Crippen LogP contribution in [-0.4, -0.2) is 3.21 Å². The molecule has 0 saturated carbocycles. The molecule has 3 heteroatoms. The van der Waals surface area contributed by atoms with Gasteiger partial charge in [-0.15, -0.1) is 5.56 Å². The minimum absolute atomic E-state index is 0. The quantitative estimate of drug-likeness (QED) is 0.251. The number of aryl methyl sites for hydroxylation is 2. The van der Waals surface area contributed by atoms with Gasteiger partial charge in [-0.3, -0.25) is 6.08 Å². The Morgan fingerprint density at radius 1 is 0.738 bits per heavy atom. The number of benzene rings is 4. The predicted octanol–water partition coefficient (Wildman–Crippen LogP) is 3.84. The smallest absolute Gasteiger partial charge is 0.0253 e. The fraction of sp³-hybridized carbons (Fsp3) is 0.256. The van der Waals surface area contributed by atoms with Crippen LogP contribution < -0.4 is 24.8 Å². The van der Waals surface area contributed by atoms with Crippen LogP contribution in [0.1, 0.15) is 68.0 Å². The van der Waals surface area contributed by atoms with Crippen LogP contribution in [0.4, 0.5) is 0 Å². The van der Waals surface area contributed by atoms with Gasteiger partial charge in [0.25, 0.3) is 0 Å². The summed E-state index contributed by atoms with van der Waals surface area (Å²) in [5.74, 6) is 0.518. The van der Waals surface area contributed by atoms with Crippen molar-refractivity contribution in [3.8, 4) is 11.1 Å². The molecule has 0 N–H and O–H groups in total. The standard InChI is InChI=1S/C15H14.C13H9.C11H17.2ClH.Zr/c1-12-3-7-14(8-4-12)11-15-9-5-13(2)6-10-15;1-3-7-12-10(5-1)9-11-6-2-4-8-13(11)12;1-8-6-9(2)10(7-8)11(3,4)5;;;/h3-10H,1-2H3;1-5,7-8H,9H2;7-8H,1-5H3;2*1H;/q;2*-1;;;+2/p-2. The second-order valence-electron chi connectivity index (χ2n) is 11.9. The molecule has 0 radical (unpaired) electrons. The Balaban J connectivity index is 0.000000219. The van der Waals surface area contributed by atoms with Gasteiger partial charge in [0, 0.05) is 0 Å². The summed E-state index contributed by atoms with van der Waals surface area (Å²) in [6, 6.07) is 35.6. The summed E-state index contributed by atoms with van der Waals surface area (Å²) < 4.78 is 1.42. The molecule has 0 bridgehead atoms. The summed E-state index contributed by atoms with van der Waals surface area (Å²) in [6.45, 7) is 15.3. The molecule has 0 aromatic heterocycles. The first kappa shape index (κ1) is 35.9. The molecule has 0 aliphatic heterocycles. The third kappa shape index (κ3) is 9.34. The Kier molecular flexibility index (Phi) is 13.6. The van der Waals surface area contributed by atoms with Crippen LogP contribution in [0.2, 0.25) is 0 Å². The summed E-state index contributed by atoms with van der Waals surface area (Å²) in [7, 11) is 0. The minimum Gasteiger partial charge on any atom is -1.00 e. The zero-order valence-corrected chi connectivity index (χ0v) is 29.7. The molecule has 6 rings (SSSR count). The van der Waals surface area contributed by atoms with Crippen molar-refractivity contribution in [1.29, 1.82) is 0 Å². The normalized spacial score (nSPS) is 14.3. The molecule has 0 nitrogen and oxygen atoms in total. The number of fused-ring (bicyclic) bond motifs is 3. The summed E-state index contributed by atoms with van der Waals surface area (Å²) in [5, 5.41) is 0. The number of hydrogen-bond donors (Lipinski definition) is 0. The van der Waals surface area contributed by atoms with Crippen molar-refractivity contribution in [2.24, 2.45) is 11.3 Å². The Hall–Kier alpha value is -2.31. The molecule has 0 heterocycles. The summed E-state index contributed by atoms with van der Waals surface area (Å²) in [4.78, 5) is 0. The van der Waals surface area contributed by atoms with Gasteiger partial charge < -0.3 is 24.8 Å². The van der Waals surface area contributed by atoms with Crippen molar-refractivity contribution < 1.29 is 49.0 Å². The van der Waals surface area contributed by atoms with Gasteiger partial charge in [-0.2, -0.15) is 41.5 Å². The second-order valence-corrected chi connectivity index (χ2v) is 13.1. The van der Waals surface area contributed by atoms with E-state index in [1.807, 2.05) is 6.07 Å². The number of rotatable bonds is 2. The van der Waals surface area contributed by atoms with E-state index in [1.165, 1.54) is 83.1 Å². The van der Waals surface area contributed by atoms with Gasteiger partial charge in [-0.1, -0.05) is 81.3 Å². The van der Waals surface area contributed by atoms with Gasteiger partial charge in [0.15, 0.2) is 0 Å². The Morgan fingerprint density at radius 3 is 1.74 bits per heavy atom. The molecular formula is C39H40Cl2Zr-2. The molecule has 0 saturated heterocycles. The first-order valence-corrected chi connectivity index (χ1v) is 15.4. The van der Waals surface area contributed by atoms with Crippen molar-refractivity contribution in [2.45, 2.75) is 54.9 Å². The predicted molar refractivity (Wildman–Crippen MR) is 168 cm³/mol. The molecule has 42 heavy (non-hydrogen) atoms. The van der Waals surface area contributed by atoms with Gasteiger partial charge in [0.1, 0.15) is 0 Å². The van der Waals surface area contributed by atoms with E-state index in [0.29, 0.717) is 11.3 Å². The zero-order chi connectivity index (χ0) is 28.9. The van der Waals surface area contributed by atoms with Gasteiger partial charge in [0.05, 0.1) is 0 Å². The van der Waals surface area contributed by atoms with Crippen LogP contribution in [0.5, 0.6) is 0 Å². The van der Waals surface area contributed by atoms with Gasteiger partial charge in [0.2, 0.25) is 0 Å². The Morgan fingerprint density at radius 2 is 1.26 bits per heavy atom. The van der Waals surface area contributed by atoms with Crippen LogP contribution in [0.15, 0.2) is 108 Å². The van der Waals surface area contributed by atoms with E-state index in [1.54, 1.807) is 0 Å². The van der Waals surface area contributed by atoms with E-state index in [9.17, 15) is 0 Å². The third-order valence-corrected chi connectivity index (χ3v) is 8.79. The molecule has 4 aromatic carbocycles. The van der Waals surface area contributed by atoms with Crippen LogP contribution in [0.3, 0.4) is 0 Å². The first-order chi connectivity index (χ1) is 19.0. The molecule has 4 aromatic rings. The van der Waals surface area contributed by atoms with E-state index in [4.69, 9.17) is 0 Å². The average Bonchev–Trinajstić information content (AvgIpc) is 3.49. The average molecular weight is 671 g/mol. The molecular weight excluding hydrogens is 631 g/mol. The van der Waals surface area contributed by atoms with Crippen molar-refractivity contribution in [3.63, 3.8) is 0 Å². The van der Waals surface area contributed by atoms with E-state index in [2.05, 4.69) is 152 Å². The number of hydrogen-bond acceptors (Lipinski definition) is 0. The van der Waals surface area contributed by atoms with Crippen LogP contribution in [-0.2, 0) is 30.7 Å². The fourth-order valence-electron chi connectivity index (χ4n) is 5.25. The largest absolute Gasteiger partial charge is 1.00 e. The van der Waals surface area contributed by atoms with E-state index >= 15 is 0 Å². The maximum absolute atomic E-state index is 3.40. The maximum Gasteiger partial charge on any atom is -0.0253 e. The molecule has 1 unspecified atom stereocenters. The zero-order valence-electron chi connectivity index (χ0n) is 25.8. The van der Waals surface area contributed by atoms with Crippen molar-refractivity contribution in [3.05, 3.63) is 154 Å². The molecule has 2 aliphatic carbocycles. The molecule has 2 aliphatic rings. The van der Waals surface area contributed by atoms with Crippen molar-refractivity contribution in [2.75, 3.05) is 0 Å². The third-order valence-electron chi connectivity index (χ3n) is 7.37. The maximum atomic E-state index is 3.40. The van der Waals surface area contributed by atoms with Crippen LogP contribution in [0, 0.1) is 37.3 Å². The Bertz CT molecular complexity index is 1440. The van der Waals surface area contributed by atoms with Gasteiger partial charge >= 0.3 is 112 Å². The molecule has 0 spiro atoms. The van der Waals surface area contributed by atoms with E-state index in [-0.39, 0.29) is 24.8 Å². The molecule has 216 valence electrons. The number of allylic oxidation sites excluding steroid dienone is 4. The second kappa shape index (κ2) is 16.0. The minimum atomic E-state index is 0. The summed E-state index contributed by atoms with van der Waals surface area (Å²) >= 11 is 1.46. The van der Waals surface area contributed by atoms with Crippen molar-refractivity contribution in [1.82, 2.24) is 0 Å². The summed E-state index contributed by atoms with van der Waals surface area (Å²) in [6.07, 6.45) is 6.76. The van der Waals surface area contributed by atoms with Gasteiger partial charge in [-0.05, 0) is 6.42 Å². The topological polar surface area (TPSA) is 0 Å². The van der Waals surface area contributed by atoms with Gasteiger partial charge in [-0.25, -0.2) is 5.57 Å². The van der Waals surface area contributed by atoms with Crippen LogP contribution in [0.25, 0.3) is 11.1 Å². The Labute approximate surface area is 281 Å². The van der Waals surface area contributed by atoms with E-state index < -0.39 is 0 Å². The first-order valence-electron chi connectivity index (χ1n) is 14.2. The van der Waals surface area contributed by atoms with Crippen LogP contribution >= 0.6 is 0 Å². The molecule has 0 amide bonds.